The molecule has 30 heavy (non-hydrogen) atoms. The predicted octanol–water partition coefficient (Wildman–Crippen LogP) is 3.53. The van der Waals surface area contributed by atoms with Crippen LogP contribution in [0.2, 0.25) is 0 Å². The topological polar surface area (TPSA) is 75.7 Å². The average Bonchev–Trinajstić information content (AvgIpc) is 2.74. The predicted molar refractivity (Wildman–Crippen MR) is 117 cm³/mol. The van der Waals surface area contributed by atoms with Crippen molar-refractivity contribution >= 4 is 15.9 Å². The monoisotopic (exact) mass is 430 g/mol. The molecule has 1 atom stereocenters. The van der Waals surface area contributed by atoms with Gasteiger partial charge in [0.25, 0.3) is 5.91 Å². The van der Waals surface area contributed by atoms with E-state index >= 15 is 0 Å². The van der Waals surface area contributed by atoms with Gasteiger partial charge in [0.1, 0.15) is 0 Å². The summed E-state index contributed by atoms with van der Waals surface area (Å²) in [6.07, 6.45) is 0.792. The normalized spacial score (nSPS) is 16.4. The largest absolute Gasteiger partial charge is 0.379 e. The van der Waals surface area contributed by atoms with Gasteiger partial charge in [-0.2, -0.15) is 4.31 Å². The Morgan fingerprint density at radius 1 is 1.10 bits per heavy atom. The van der Waals surface area contributed by atoms with E-state index in [0.717, 1.165) is 17.5 Å². The molecular weight excluding hydrogens is 400 g/mol. The van der Waals surface area contributed by atoms with Gasteiger partial charge < -0.3 is 10.1 Å². The molecule has 0 unspecified atom stereocenters. The van der Waals surface area contributed by atoms with Crippen molar-refractivity contribution in [2.45, 2.75) is 38.1 Å². The molecule has 0 saturated carbocycles. The molecule has 1 amide bonds. The SMILES string of the molecule is Cc1ccc(S(=O)(=O)N2CCOCC2)cc1C(=O)N[C@H](CC(C)C)c1ccccc1. The second-order valence-electron chi connectivity index (χ2n) is 8.06. The van der Waals surface area contributed by atoms with Crippen LogP contribution in [0.15, 0.2) is 53.4 Å². The molecule has 1 aliphatic rings. The lowest BCUT2D eigenvalue weighted by atomic mass is 9.96. The van der Waals surface area contributed by atoms with Crippen LogP contribution >= 0.6 is 0 Å². The van der Waals surface area contributed by atoms with Gasteiger partial charge in [-0.3, -0.25) is 4.79 Å². The van der Waals surface area contributed by atoms with Crippen molar-refractivity contribution in [2.24, 2.45) is 5.92 Å². The first kappa shape index (κ1) is 22.5. The number of morpholine rings is 1. The minimum Gasteiger partial charge on any atom is -0.379 e. The van der Waals surface area contributed by atoms with Gasteiger partial charge >= 0.3 is 0 Å². The number of sulfonamides is 1. The average molecular weight is 431 g/mol. The Morgan fingerprint density at radius 3 is 2.40 bits per heavy atom. The van der Waals surface area contributed by atoms with Crippen molar-refractivity contribution in [3.05, 3.63) is 65.2 Å². The summed E-state index contributed by atoms with van der Waals surface area (Å²) in [7, 11) is -3.66. The Kier molecular flexibility index (Phi) is 7.28. The van der Waals surface area contributed by atoms with Gasteiger partial charge in [-0.25, -0.2) is 8.42 Å². The van der Waals surface area contributed by atoms with Crippen LogP contribution in [0, 0.1) is 12.8 Å². The maximum absolute atomic E-state index is 13.1. The fourth-order valence-corrected chi connectivity index (χ4v) is 5.05. The van der Waals surface area contributed by atoms with Gasteiger partial charge in [-0.05, 0) is 42.5 Å². The lowest BCUT2D eigenvalue weighted by molar-refractivity contribution is 0.0730. The maximum Gasteiger partial charge on any atom is 0.252 e. The van der Waals surface area contributed by atoms with Crippen molar-refractivity contribution < 1.29 is 17.9 Å². The van der Waals surface area contributed by atoms with Gasteiger partial charge in [0.2, 0.25) is 10.0 Å². The maximum atomic E-state index is 13.1. The molecule has 0 aromatic heterocycles. The van der Waals surface area contributed by atoms with Gasteiger partial charge in [0.05, 0.1) is 24.2 Å². The summed E-state index contributed by atoms with van der Waals surface area (Å²) >= 11 is 0. The molecule has 1 heterocycles. The van der Waals surface area contributed by atoms with Crippen molar-refractivity contribution in [3.8, 4) is 0 Å². The van der Waals surface area contributed by atoms with Crippen LogP contribution < -0.4 is 5.32 Å². The molecular formula is C23H30N2O4S. The summed E-state index contributed by atoms with van der Waals surface area (Å²) in [5.74, 6) is 0.130. The van der Waals surface area contributed by atoms with E-state index in [-0.39, 0.29) is 16.8 Å². The number of hydrogen-bond donors (Lipinski definition) is 1. The molecule has 0 radical (unpaired) electrons. The van der Waals surface area contributed by atoms with Gasteiger partial charge in [0, 0.05) is 18.7 Å². The highest BCUT2D eigenvalue weighted by atomic mass is 32.2. The number of ether oxygens (including phenoxy) is 1. The molecule has 3 rings (SSSR count). The Balaban J connectivity index is 1.87. The quantitative estimate of drug-likeness (QED) is 0.729. The van der Waals surface area contributed by atoms with E-state index in [1.807, 2.05) is 37.3 Å². The second-order valence-corrected chi connectivity index (χ2v) is 10.00. The fourth-order valence-electron chi connectivity index (χ4n) is 3.61. The lowest BCUT2D eigenvalue weighted by Crippen LogP contribution is -2.40. The summed E-state index contributed by atoms with van der Waals surface area (Å²) in [6.45, 7) is 7.45. The minimum atomic E-state index is -3.66. The lowest BCUT2D eigenvalue weighted by Gasteiger charge is -2.26. The number of benzene rings is 2. The standard InChI is InChI=1S/C23H30N2O4S/c1-17(2)15-22(19-7-5-4-6-8-19)24-23(26)21-16-20(10-9-18(21)3)30(27,28)25-11-13-29-14-12-25/h4-10,16-17,22H,11-15H2,1-3H3,(H,24,26)/t22-/m1/s1. The fraction of sp³-hybridized carbons (Fsp3) is 0.435. The van der Waals surface area contributed by atoms with E-state index < -0.39 is 10.0 Å². The van der Waals surface area contributed by atoms with Gasteiger partial charge in [-0.1, -0.05) is 50.2 Å². The molecule has 7 heteroatoms. The molecule has 2 aromatic carbocycles. The summed E-state index contributed by atoms with van der Waals surface area (Å²) in [6, 6.07) is 14.5. The van der Waals surface area contributed by atoms with E-state index in [1.54, 1.807) is 12.1 Å². The summed E-state index contributed by atoms with van der Waals surface area (Å²) in [5.41, 5.74) is 2.16. The molecule has 0 aliphatic carbocycles. The first-order chi connectivity index (χ1) is 14.3. The Labute approximate surface area is 179 Å². The van der Waals surface area contributed by atoms with Gasteiger partial charge in [0.15, 0.2) is 0 Å². The van der Waals surface area contributed by atoms with E-state index in [2.05, 4.69) is 19.2 Å². The molecule has 0 bridgehead atoms. The molecule has 0 spiro atoms. The van der Waals surface area contributed by atoms with Crippen molar-refractivity contribution in [3.63, 3.8) is 0 Å². The van der Waals surface area contributed by atoms with Crippen LogP contribution in [-0.4, -0.2) is 44.9 Å². The summed E-state index contributed by atoms with van der Waals surface area (Å²) < 4.78 is 32.7. The van der Waals surface area contributed by atoms with Crippen LogP contribution in [0.1, 0.15) is 47.8 Å². The molecule has 2 aromatic rings. The molecule has 1 saturated heterocycles. The molecule has 6 nitrogen and oxygen atoms in total. The number of carbonyl (C=O) groups is 1. The van der Waals surface area contributed by atoms with E-state index in [1.165, 1.54) is 10.4 Å². The first-order valence-electron chi connectivity index (χ1n) is 10.3. The van der Waals surface area contributed by atoms with Crippen LogP contribution in [0.3, 0.4) is 0 Å². The minimum absolute atomic E-state index is 0.139. The van der Waals surface area contributed by atoms with E-state index in [4.69, 9.17) is 4.74 Å². The third-order valence-electron chi connectivity index (χ3n) is 5.28. The third kappa shape index (κ3) is 5.28. The molecule has 1 fully saturated rings. The van der Waals surface area contributed by atoms with Crippen LogP contribution in [-0.2, 0) is 14.8 Å². The van der Waals surface area contributed by atoms with Crippen molar-refractivity contribution in [1.82, 2.24) is 9.62 Å². The third-order valence-corrected chi connectivity index (χ3v) is 7.17. The second kappa shape index (κ2) is 9.73. The van der Waals surface area contributed by atoms with Crippen molar-refractivity contribution in [2.75, 3.05) is 26.3 Å². The Hall–Kier alpha value is -2.22. The zero-order chi connectivity index (χ0) is 21.7. The highest BCUT2D eigenvalue weighted by molar-refractivity contribution is 7.89. The first-order valence-corrected chi connectivity index (χ1v) is 11.8. The highest BCUT2D eigenvalue weighted by Gasteiger charge is 2.28. The van der Waals surface area contributed by atoms with Gasteiger partial charge in [-0.15, -0.1) is 0 Å². The number of hydrogen-bond acceptors (Lipinski definition) is 4. The van der Waals surface area contributed by atoms with E-state index in [0.29, 0.717) is 37.8 Å². The molecule has 162 valence electrons. The number of amides is 1. The summed E-state index contributed by atoms with van der Waals surface area (Å²) in [4.78, 5) is 13.3. The zero-order valence-corrected chi connectivity index (χ0v) is 18.6. The number of rotatable bonds is 7. The number of aryl methyl sites for hydroxylation is 1. The van der Waals surface area contributed by atoms with Crippen LogP contribution in [0.5, 0.6) is 0 Å². The highest BCUT2D eigenvalue weighted by Crippen LogP contribution is 2.24. The summed E-state index contributed by atoms with van der Waals surface area (Å²) in [5, 5.41) is 3.11. The van der Waals surface area contributed by atoms with Crippen molar-refractivity contribution in [1.29, 1.82) is 0 Å². The number of nitrogens with zero attached hydrogens (tertiary/aromatic N) is 1. The zero-order valence-electron chi connectivity index (χ0n) is 17.8. The Morgan fingerprint density at radius 2 is 1.77 bits per heavy atom. The molecule has 1 N–H and O–H groups in total. The molecule has 1 aliphatic heterocycles. The van der Waals surface area contributed by atoms with E-state index in [9.17, 15) is 13.2 Å². The van der Waals surface area contributed by atoms with Crippen LogP contribution in [0.25, 0.3) is 0 Å². The number of nitrogens with one attached hydrogen (secondary N) is 1. The Bertz CT molecular complexity index is 968. The number of carbonyl (C=O) groups excluding carboxylic acids is 1. The van der Waals surface area contributed by atoms with Crippen LogP contribution in [0.4, 0.5) is 0 Å². The smallest absolute Gasteiger partial charge is 0.252 e.